The zero-order chi connectivity index (χ0) is 28.3. The van der Waals surface area contributed by atoms with Crippen LogP contribution in [0.2, 0.25) is 0 Å². The van der Waals surface area contributed by atoms with Crippen molar-refractivity contribution in [2.24, 2.45) is 0 Å². The van der Waals surface area contributed by atoms with Crippen LogP contribution in [0.3, 0.4) is 0 Å². The molecule has 0 unspecified atom stereocenters. The van der Waals surface area contributed by atoms with Crippen molar-refractivity contribution < 1.29 is 22.7 Å². The number of nitriles is 1. The van der Waals surface area contributed by atoms with Crippen LogP contribution in [0.4, 0.5) is 19.0 Å². The van der Waals surface area contributed by atoms with E-state index in [0.29, 0.717) is 55.2 Å². The van der Waals surface area contributed by atoms with Gasteiger partial charge in [0.1, 0.15) is 17.6 Å². The number of rotatable bonds is 6. The number of fused-ring (bicyclic) bond motifs is 1. The normalized spacial score (nSPS) is 14.1. The van der Waals surface area contributed by atoms with Gasteiger partial charge < -0.3 is 14.5 Å². The van der Waals surface area contributed by atoms with E-state index in [4.69, 9.17) is 4.74 Å². The summed E-state index contributed by atoms with van der Waals surface area (Å²) in [6.45, 7) is 4.52. The molecule has 11 heteroatoms. The van der Waals surface area contributed by atoms with Crippen molar-refractivity contribution in [1.82, 2.24) is 19.5 Å². The van der Waals surface area contributed by atoms with Crippen molar-refractivity contribution in [3.8, 4) is 22.9 Å². The quantitative estimate of drug-likeness (QED) is 0.315. The number of hydrogen-bond acceptors (Lipinski definition) is 6. The Morgan fingerprint density at radius 2 is 1.85 bits per heavy atom. The van der Waals surface area contributed by atoms with Crippen molar-refractivity contribution >= 4 is 23.3 Å². The number of benzene rings is 1. The summed E-state index contributed by atoms with van der Waals surface area (Å²) in [5.74, 6) is 1.20. The minimum absolute atomic E-state index is 0.199. The van der Waals surface area contributed by atoms with E-state index in [1.54, 1.807) is 21.8 Å². The van der Waals surface area contributed by atoms with E-state index < -0.39 is 11.7 Å². The molecule has 1 saturated heterocycles. The minimum Gasteiger partial charge on any atom is -0.492 e. The zero-order valence-electron chi connectivity index (χ0n) is 21.6. The first kappa shape index (κ1) is 26.7. The van der Waals surface area contributed by atoms with E-state index in [1.807, 2.05) is 25.1 Å². The fraction of sp³-hybridized carbons (Fsp3) is 0.241. The summed E-state index contributed by atoms with van der Waals surface area (Å²) in [7, 11) is 0. The first-order valence-electron chi connectivity index (χ1n) is 12.7. The lowest BCUT2D eigenvalue weighted by Crippen LogP contribution is -2.48. The first-order chi connectivity index (χ1) is 19.3. The van der Waals surface area contributed by atoms with Crippen LogP contribution in [-0.4, -0.2) is 58.2 Å². The Morgan fingerprint density at radius 3 is 2.48 bits per heavy atom. The number of aromatic nitrogens is 3. The van der Waals surface area contributed by atoms with Crippen LogP contribution in [-0.2, 0) is 11.0 Å². The standard InChI is InChI=1S/C29H25F3N6O2/c1-2-40-24-15-25(28-22(16-33)18-35-38(28)19-24)21-6-9-26(34-17-21)36-11-13-37(14-12-36)27(39)10-5-20-3-7-23(8-4-20)29(30,31)32/h3-10,15,17-19H,2,11-14H2,1H3/b10-5+. The van der Waals surface area contributed by atoms with Crippen molar-refractivity contribution in [3.63, 3.8) is 0 Å². The van der Waals surface area contributed by atoms with Gasteiger partial charge in [0, 0.05) is 49.6 Å². The SMILES string of the molecule is CCOc1cc(-c2ccc(N3CCN(C(=O)/C=C/c4ccc(C(F)(F)F)cc4)CC3)nc2)c2c(C#N)cnn2c1. The summed E-state index contributed by atoms with van der Waals surface area (Å²) < 4.78 is 45.5. The highest BCUT2D eigenvalue weighted by molar-refractivity contribution is 5.92. The van der Waals surface area contributed by atoms with Crippen LogP contribution < -0.4 is 9.64 Å². The average Bonchev–Trinajstić information content (AvgIpc) is 3.39. The number of piperazine rings is 1. The maximum Gasteiger partial charge on any atom is 0.416 e. The highest BCUT2D eigenvalue weighted by Gasteiger charge is 2.29. The molecule has 1 aliphatic rings. The number of pyridine rings is 2. The molecule has 0 N–H and O–H groups in total. The Morgan fingerprint density at radius 1 is 1.10 bits per heavy atom. The van der Waals surface area contributed by atoms with E-state index in [1.165, 1.54) is 30.5 Å². The second kappa shape index (κ2) is 11.1. The summed E-state index contributed by atoms with van der Waals surface area (Å²) >= 11 is 0. The number of alkyl halides is 3. The Hall–Kier alpha value is -4.85. The molecule has 40 heavy (non-hydrogen) atoms. The van der Waals surface area contributed by atoms with Gasteiger partial charge in [-0.2, -0.15) is 23.5 Å². The van der Waals surface area contributed by atoms with Crippen LogP contribution in [0.1, 0.15) is 23.6 Å². The van der Waals surface area contributed by atoms with Gasteiger partial charge in [-0.15, -0.1) is 0 Å². The molecule has 0 atom stereocenters. The molecule has 5 rings (SSSR count). The van der Waals surface area contributed by atoms with Gasteiger partial charge >= 0.3 is 6.18 Å². The molecule has 4 aromatic rings. The number of carbonyl (C=O) groups is 1. The lowest BCUT2D eigenvalue weighted by molar-refractivity contribution is -0.137. The van der Waals surface area contributed by atoms with Gasteiger partial charge in [-0.3, -0.25) is 4.79 Å². The summed E-state index contributed by atoms with van der Waals surface area (Å²) in [5, 5.41) is 13.8. The molecule has 3 aromatic heterocycles. The van der Waals surface area contributed by atoms with Gasteiger partial charge in [0.05, 0.1) is 35.6 Å². The van der Waals surface area contributed by atoms with Crippen LogP contribution in [0, 0.1) is 11.3 Å². The molecule has 4 heterocycles. The summed E-state index contributed by atoms with van der Waals surface area (Å²) in [5.41, 5.74) is 2.53. The molecule has 8 nitrogen and oxygen atoms in total. The predicted molar refractivity (Wildman–Crippen MR) is 144 cm³/mol. The summed E-state index contributed by atoms with van der Waals surface area (Å²) in [6.07, 6.45) is 3.52. The highest BCUT2D eigenvalue weighted by atomic mass is 19.4. The number of amides is 1. The predicted octanol–water partition coefficient (Wildman–Crippen LogP) is 5.05. The van der Waals surface area contributed by atoms with Gasteiger partial charge in [-0.1, -0.05) is 12.1 Å². The lowest BCUT2D eigenvalue weighted by atomic mass is 10.1. The summed E-state index contributed by atoms with van der Waals surface area (Å²) in [6, 6.07) is 12.6. The molecule has 0 radical (unpaired) electrons. The lowest BCUT2D eigenvalue weighted by Gasteiger charge is -2.35. The van der Waals surface area contributed by atoms with E-state index in [2.05, 4.69) is 21.1 Å². The van der Waals surface area contributed by atoms with E-state index in [9.17, 15) is 23.2 Å². The number of nitrogens with zero attached hydrogens (tertiary/aromatic N) is 6. The molecule has 0 saturated carbocycles. The third kappa shape index (κ3) is 5.61. The number of halogens is 3. The van der Waals surface area contributed by atoms with Crippen molar-refractivity contribution in [2.45, 2.75) is 13.1 Å². The maximum absolute atomic E-state index is 12.7. The van der Waals surface area contributed by atoms with Crippen LogP contribution >= 0.6 is 0 Å². The largest absolute Gasteiger partial charge is 0.492 e. The van der Waals surface area contributed by atoms with Gasteiger partial charge in [0.25, 0.3) is 0 Å². The van der Waals surface area contributed by atoms with E-state index in [-0.39, 0.29) is 5.91 Å². The molecule has 1 aromatic carbocycles. The minimum atomic E-state index is -4.39. The number of anilines is 1. The van der Waals surface area contributed by atoms with E-state index >= 15 is 0 Å². The number of ether oxygens (including phenoxy) is 1. The topological polar surface area (TPSA) is 86.8 Å². The second-order valence-corrected chi connectivity index (χ2v) is 9.16. The monoisotopic (exact) mass is 546 g/mol. The molecule has 1 aliphatic heterocycles. The fourth-order valence-corrected chi connectivity index (χ4v) is 4.59. The molecule has 0 spiro atoms. The average molecular weight is 547 g/mol. The maximum atomic E-state index is 12.7. The Labute approximate surface area is 228 Å². The summed E-state index contributed by atoms with van der Waals surface area (Å²) in [4.78, 5) is 21.1. The second-order valence-electron chi connectivity index (χ2n) is 9.16. The van der Waals surface area contributed by atoms with Gasteiger partial charge in [0.15, 0.2) is 0 Å². The smallest absolute Gasteiger partial charge is 0.416 e. The number of carbonyl (C=O) groups excluding carboxylic acids is 1. The Balaban J connectivity index is 1.24. The third-order valence-corrected chi connectivity index (χ3v) is 6.65. The van der Waals surface area contributed by atoms with Crippen molar-refractivity contribution in [1.29, 1.82) is 5.26 Å². The van der Waals surface area contributed by atoms with E-state index in [0.717, 1.165) is 29.1 Å². The third-order valence-electron chi connectivity index (χ3n) is 6.65. The van der Waals surface area contributed by atoms with Gasteiger partial charge in [-0.25, -0.2) is 9.50 Å². The van der Waals surface area contributed by atoms with Gasteiger partial charge in [-0.05, 0) is 48.9 Å². The van der Waals surface area contributed by atoms with Gasteiger partial charge in [0.2, 0.25) is 5.91 Å². The molecular formula is C29H25F3N6O2. The molecule has 0 bridgehead atoms. The highest BCUT2D eigenvalue weighted by Crippen LogP contribution is 2.32. The molecule has 1 amide bonds. The molecule has 204 valence electrons. The molecule has 1 fully saturated rings. The van der Waals surface area contributed by atoms with Crippen molar-refractivity contribution in [2.75, 3.05) is 37.7 Å². The molecule has 0 aliphatic carbocycles. The van der Waals surface area contributed by atoms with Crippen LogP contribution in [0.5, 0.6) is 5.75 Å². The Bertz CT molecular complexity index is 1580. The van der Waals surface area contributed by atoms with Crippen LogP contribution in [0.15, 0.2) is 67.1 Å². The first-order valence-corrected chi connectivity index (χ1v) is 12.7. The van der Waals surface area contributed by atoms with Crippen LogP contribution in [0.25, 0.3) is 22.7 Å². The zero-order valence-corrected chi connectivity index (χ0v) is 21.6. The molecular weight excluding hydrogens is 521 g/mol. The fourth-order valence-electron chi connectivity index (χ4n) is 4.59. The number of hydrogen-bond donors (Lipinski definition) is 0. The Kier molecular flexibility index (Phi) is 7.42. The van der Waals surface area contributed by atoms with Crippen molar-refractivity contribution in [3.05, 3.63) is 83.8 Å².